The summed E-state index contributed by atoms with van der Waals surface area (Å²) in [5.41, 5.74) is 10.5. The molecule has 12 aromatic rings. The van der Waals surface area contributed by atoms with Gasteiger partial charge in [0.25, 0.3) is 0 Å². The molecule has 0 spiro atoms. The lowest BCUT2D eigenvalue weighted by atomic mass is 9.93. The maximum absolute atomic E-state index is 6.79. The molecule has 5 heteroatoms. The Morgan fingerprint density at radius 2 is 0.879 bits per heavy atom. The number of hydrogen-bond acceptors (Lipinski definition) is 5. The Kier molecular flexibility index (Phi) is 7.16. The summed E-state index contributed by atoms with van der Waals surface area (Å²) >= 11 is 0. The van der Waals surface area contributed by atoms with E-state index < -0.39 is 0 Å². The van der Waals surface area contributed by atoms with E-state index in [4.69, 9.17) is 23.8 Å². The number of aromatic nitrogens is 3. The third kappa shape index (κ3) is 5.14. The van der Waals surface area contributed by atoms with Crippen LogP contribution < -0.4 is 0 Å². The highest BCUT2D eigenvalue weighted by Gasteiger charge is 2.22. The van der Waals surface area contributed by atoms with Gasteiger partial charge >= 0.3 is 0 Å². The standard InChI is InChI=1S/C53H31N3O2/c1-2-13-32(14-3-1)35-17-10-18-36(29-35)38-22-11-26-46-49(38)50-40-20-7-6-19-39(40)43(31-47(50)58-46)53-55-51(37-28-27-33-15-4-5-16-34(33)30-37)54-52(56-53)42-23-12-25-45-48(42)41-21-8-9-24-44(41)57-45/h1-31H. The van der Waals surface area contributed by atoms with Crippen LogP contribution in [0.3, 0.4) is 0 Å². The van der Waals surface area contributed by atoms with E-state index in [9.17, 15) is 0 Å². The predicted molar refractivity (Wildman–Crippen MR) is 237 cm³/mol. The molecule has 0 atom stereocenters. The predicted octanol–water partition coefficient (Wildman–Crippen LogP) is 14.3. The van der Waals surface area contributed by atoms with E-state index in [0.29, 0.717) is 17.5 Å². The van der Waals surface area contributed by atoms with Crippen molar-refractivity contribution in [1.82, 2.24) is 15.0 Å². The maximum atomic E-state index is 6.79. The van der Waals surface area contributed by atoms with Crippen molar-refractivity contribution >= 4 is 65.4 Å². The second-order valence-electron chi connectivity index (χ2n) is 14.7. The van der Waals surface area contributed by atoms with Crippen molar-refractivity contribution in [3.05, 3.63) is 188 Å². The molecule has 0 saturated carbocycles. The van der Waals surface area contributed by atoms with Gasteiger partial charge in [-0.15, -0.1) is 0 Å². The molecule has 12 rings (SSSR count). The number of nitrogens with zero attached hydrogens (tertiary/aromatic N) is 3. The van der Waals surface area contributed by atoms with Crippen molar-refractivity contribution in [2.45, 2.75) is 0 Å². The Bertz CT molecular complexity index is 3580. The summed E-state index contributed by atoms with van der Waals surface area (Å²) in [4.78, 5) is 15.8. The summed E-state index contributed by atoms with van der Waals surface area (Å²) in [6.45, 7) is 0. The van der Waals surface area contributed by atoms with E-state index >= 15 is 0 Å². The molecule has 0 saturated heterocycles. The average molecular weight is 742 g/mol. The minimum atomic E-state index is 0.562. The van der Waals surface area contributed by atoms with Crippen LogP contribution >= 0.6 is 0 Å². The van der Waals surface area contributed by atoms with E-state index in [2.05, 4.69) is 158 Å². The summed E-state index contributed by atoms with van der Waals surface area (Å²) in [5.74, 6) is 1.72. The number of fused-ring (bicyclic) bond motifs is 9. The van der Waals surface area contributed by atoms with Gasteiger partial charge in [0.1, 0.15) is 22.3 Å². The number of rotatable bonds is 5. The highest BCUT2D eigenvalue weighted by atomic mass is 16.3. The van der Waals surface area contributed by atoms with Gasteiger partial charge in [0.2, 0.25) is 0 Å². The van der Waals surface area contributed by atoms with Gasteiger partial charge in [0, 0.05) is 38.2 Å². The Morgan fingerprint density at radius 1 is 0.276 bits per heavy atom. The first-order valence-electron chi connectivity index (χ1n) is 19.4. The molecule has 0 aliphatic heterocycles. The van der Waals surface area contributed by atoms with Gasteiger partial charge in [-0.2, -0.15) is 0 Å². The molecule has 0 amide bonds. The normalized spacial score (nSPS) is 11.8. The summed E-state index contributed by atoms with van der Waals surface area (Å²) < 4.78 is 13.1. The SMILES string of the molecule is c1ccc(-c2cccc(-c3cccc4oc5cc(-c6nc(-c7ccc8ccccc8c7)nc(-c7cccc8oc9ccccc9c78)n6)c6ccccc6c5c34)c2)cc1. The smallest absolute Gasteiger partial charge is 0.164 e. The number of hydrogen-bond donors (Lipinski definition) is 0. The summed E-state index contributed by atoms with van der Waals surface area (Å²) in [6.07, 6.45) is 0. The monoisotopic (exact) mass is 741 g/mol. The second kappa shape index (κ2) is 12.8. The lowest BCUT2D eigenvalue weighted by Crippen LogP contribution is -2.01. The van der Waals surface area contributed by atoms with Crippen molar-refractivity contribution in [3.63, 3.8) is 0 Å². The molecule has 0 bridgehead atoms. The molecule has 0 unspecified atom stereocenters. The Balaban J connectivity index is 1.11. The van der Waals surface area contributed by atoms with Crippen molar-refractivity contribution in [2.24, 2.45) is 0 Å². The van der Waals surface area contributed by atoms with Gasteiger partial charge in [-0.3, -0.25) is 0 Å². The Labute approximate surface area is 332 Å². The zero-order valence-electron chi connectivity index (χ0n) is 31.1. The first-order chi connectivity index (χ1) is 28.7. The lowest BCUT2D eigenvalue weighted by Gasteiger charge is -2.12. The van der Waals surface area contributed by atoms with Crippen LogP contribution in [0.15, 0.2) is 197 Å². The van der Waals surface area contributed by atoms with Crippen molar-refractivity contribution < 1.29 is 8.83 Å². The molecule has 9 aromatic carbocycles. The topological polar surface area (TPSA) is 65.0 Å². The van der Waals surface area contributed by atoms with Gasteiger partial charge in [-0.05, 0) is 80.2 Å². The quantitative estimate of drug-likeness (QED) is 0.176. The fourth-order valence-corrected chi connectivity index (χ4v) is 8.64. The van der Waals surface area contributed by atoms with Gasteiger partial charge in [0.15, 0.2) is 17.5 Å². The van der Waals surface area contributed by atoms with Gasteiger partial charge in [0.05, 0.1) is 0 Å². The van der Waals surface area contributed by atoms with Crippen LogP contribution in [0.2, 0.25) is 0 Å². The largest absolute Gasteiger partial charge is 0.456 e. The van der Waals surface area contributed by atoms with Gasteiger partial charge < -0.3 is 8.83 Å². The molecule has 3 heterocycles. The van der Waals surface area contributed by atoms with Crippen LogP contribution in [0.4, 0.5) is 0 Å². The summed E-state index contributed by atoms with van der Waals surface area (Å²) in [5, 5.41) is 8.50. The number of furan rings is 2. The van der Waals surface area contributed by atoms with Crippen LogP contribution in [0.25, 0.3) is 122 Å². The first-order valence-corrected chi connectivity index (χ1v) is 19.4. The fourth-order valence-electron chi connectivity index (χ4n) is 8.64. The molecular weight excluding hydrogens is 711 g/mol. The van der Waals surface area contributed by atoms with E-state index in [1.54, 1.807) is 0 Å². The van der Waals surface area contributed by atoms with E-state index in [1.807, 2.05) is 30.3 Å². The minimum Gasteiger partial charge on any atom is -0.456 e. The summed E-state index contributed by atoms with van der Waals surface area (Å²) in [6, 6.07) is 65.1. The maximum Gasteiger partial charge on any atom is 0.164 e. The molecule has 0 aliphatic carbocycles. The van der Waals surface area contributed by atoms with Gasteiger partial charge in [-0.1, -0.05) is 152 Å². The third-order valence-corrected chi connectivity index (χ3v) is 11.3. The van der Waals surface area contributed by atoms with E-state index in [-0.39, 0.29) is 0 Å². The molecular formula is C53H31N3O2. The fraction of sp³-hybridized carbons (Fsp3) is 0. The molecule has 5 nitrogen and oxygen atoms in total. The zero-order valence-corrected chi connectivity index (χ0v) is 31.1. The molecule has 0 fully saturated rings. The minimum absolute atomic E-state index is 0.562. The van der Waals surface area contributed by atoms with Gasteiger partial charge in [-0.25, -0.2) is 15.0 Å². The highest BCUT2D eigenvalue weighted by molar-refractivity contribution is 6.25. The molecule has 0 radical (unpaired) electrons. The Hall–Kier alpha value is -7.89. The van der Waals surface area contributed by atoms with Crippen LogP contribution in [0.1, 0.15) is 0 Å². The molecule has 58 heavy (non-hydrogen) atoms. The van der Waals surface area contributed by atoms with Crippen molar-refractivity contribution in [1.29, 1.82) is 0 Å². The van der Waals surface area contributed by atoms with E-state index in [1.165, 1.54) is 11.1 Å². The van der Waals surface area contributed by atoms with Crippen LogP contribution in [0.5, 0.6) is 0 Å². The van der Waals surface area contributed by atoms with Crippen molar-refractivity contribution in [2.75, 3.05) is 0 Å². The number of para-hydroxylation sites is 1. The number of benzene rings is 9. The van der Waals surface area contributed by atoms with Crippen LogP contribution in [0, 0.1) is 0 Å². The first kappa shape index (κ1) is 32.4. The zero-order chi connectivity index (χ0) is 38.2. The average Bonchev–Trinajstić information content (AvgIpc) is 3.88. The molecule has 270 valence electrons. The second-order valence-corrected chi connectivity index (χ2v) is 14.7. The molecule has 3 aromatic heterocycles. The Morgan fingerprint density at radius 3 is 1.74 bits per heavy atom. The van der Waals surface area contributed by atoms with E-state index in [0.717, 1.165) is 93.2 Å². The third-order valence-electron chi connectivity index (χ3n) is 11.3. The summed E-state index contributed by atoms with van der Waals surface area (Å²) in [7, 11) is 0. The van der Waals surface area contributed by atoms with Crippen LogP contribution in [-0.2, 0) is 0 Å². The van der Waals surface area contributed by atoms with Crippen molar-refractivity contribution in [3.8, 4) is 56.4 Å². The molecule has 0 aliphatic rings. The lowest BCUT2D eigenvalue weighted by molar-refractivity contribution is 0.669. The van der Waals surface area contributed by atoms with Crippen LogP contribution in [-0.4, -0.2) is 15.0 Å². The molecule has 0 N–H and O–H groups in total. The highest BCUT2D eigenvalue weighted by Crippen LogP contribution is 2.44.